The smallest absolute Gasteiger partial charge is 0.308 e. The maximum Gasteiger partial charge on any atom is 0.308 e. The Labute approximate surface area is 147 Å². The molecule has 1 aromatic rings. The van der Waals surface area contributed by atoms with Gasteiger partial charge in [0.05, 0.1) is 0 Å². The Kier molecular flexibility index (Phi) is 7.96. The molecule has 7 heteroatoms. The lowest BCUT2D eigenvalue weighted by molar-refractivity contribution is -0.143. The summed E-state index contributed by atoms with van der Waals surface area (Å²) in [6, 6.07) is 6.03. The van der Waals surface area contributed by atoms with Gasteiger partial charge < -0.3 is 15.4 Å². The second-order valence-electron chi connectivity index (χ2n) is 6.05. The molecule has 0 radical (unpaired) electrons. The molecule has 0 bridgehead atoms. The number of benzene rings is 1. The van der Waals surface area contributed by atoms with Crippen LogP contribution in [0.4, 0.5) is 8.78 Å². The summed E-state index contributed by atoms with van der Waals surface area (Å²) in [5.41, 5.74) is 4.06. The van der Waals surface area contributed by atoms with Gasteiger partial charge in [-0.1, -0.05) is 26.0 Å². The van der Waals surface area contributed by atoms with Crippen molar-refractivity contribution in [2.24, 2.45) is 5.73 Å². The third kappa shape index (κ3) is 5.77. The first-order valence-corrected chi connectivity index (χ1v) is 8.38. The molecule has 0 fully saturated rings. The van der Waals surface area contributed by atoms with Gasteiger partial charge in [0.2, 0.25) is 5.91 Å². The van der Waals surface area contributed by atoms with E-state index >= 15 is 0 Å². The van der Waals surface area contributed by atoms with E-state index in [0.717, 1.165) is 0 Å². The maximum absolute atomic E-state index is 13.7. The molecule has 0 aliphatic carbocycles. The minimum absolute atomic E-state index is 0.298. The first kappa shape index (κ1) is 21.0. The average molecular weight is 356 g/mol. The molecule has 1 rings (SSSR count). The van der Waals surface area contributed by atoms with Crippen molar-refractivity contribution in [3.8, 4) is 5.75 Å². The molecular weight excluding hydrogens is 330 g/mol. The predicted octanol–water partition coefficient (Wildman–Crippen LogP) is 2.77. The largest absolute Gasteiger partial charge is 0.427 e. The van der Waals surface area contributed by atoms with Crippen LogP contribution in [0.2, 0.25) is 0 Å². The summed E-state index contributed by atoms with van der Waals surface area (Å²) in [6.45, 7) is 5.81. The number of alkyl halides is 2. The summed E-state index contributed by atoms with van der Waals surface area (Å²) in [5, 5.41) is 0. The average Bonchev–Trinajstić information content (AvgIpc) is 2.55. The number of rotatable bonds is 9. The topological polar surface area (TPSA) is 72.6 Å². The van der Waals surface area contributed by atoms with Crippen molar-refractivity contribution in [2.45, 2.75) is 52.0 Å². The van der Waals surface area contributed by atoms with Crippen LogP contribution < -0.4 is 10.5 Å². The van der Waals surface area contributed by atoms with Gasteiger partial charge in [0.15, 0.2) is 5.54 Å². The summed E-state index contributed by atoms with van der Waals surface area (Å²) >= 11 is 0. The Bertz CT molecular complexity index is 572. The molecule has 1 amide bonds. The van der Waals surface area contributed by atoms with Crippen molar-refractivity contribution in [1.82, 2.24) is 4.90 Å². The second kappa shape index (κ2) is 9.46. The van der Waals surface area contributed by atoms with Gasteiger partial charge in [0.25, 0.3) is 6.43 Å². The molecule has 0 saturated heterocycles. The number of hydrogen-bond donors (Lipinski definition) is 1. The molecule has 0 aromatic heterocycles. The summed E-state index contributed by atoms with van der Waals surface area (Å²) in [7, 11) is 0. The van der Waals surface area contributed by atoms with Crippen molar-refractivity contribution in [2.75, 3.05) is 13.1 Å². The third-order valence-corrected chi connectivity index (χ3v) is 3.74. The fourth-order valence-electron chi connectivity index (χ4n) is 2.57. The zero-order valence-electron chi connectivity index (χ0n) is 14.9. The van der Waals surface area contributed by atoms with E-state index in [1.807, 2.05) is 13.8 Å². The Morgan fingerprint density at radius 2 is 1.68 bits per heavy atom. The predicted molar refractivity (Wildman–Crippen MR) is 91.5 cm³/mol. The van der Waals surface area contributed by atoms with Gasteiger partial charge >= 0.3 is 5.97 Å². The first-order chi connectivity index (χ1) is 11.7. The molecule has 5 nitrogen and oxygen atoms in total. The van der Waals surface area contributed by atoms with Crippen molar-refractivity contribution < 1.29 is 23.1 Å². The SMILES string of the molecule is CCCN(CCC)C(=O)C(N)(Cc1ccc(OC(C)=O)cc1)C(F)F. The molecule has 1 unspecified atom stereocenters. The van der Waals surface area contributed by atoms with Crippen LogP contribution in [0.25, 0.3) is 0 Å². The summed E-state index contributed by atoms with van der Waals surface area (Å²) in [4.78, 5) is 25.0. The molecule has 0 aliphatic rings. The number of carbonyl (C=O) groups excluding carboxylic acids is 2. The van der Waals surface area contributed by atoms with E-state index in [4.69, 9.17) is 10.5 Å². The highest BCUT2D eigenvalue weighted by Gasteiger charge is 2.45. The van der Waals surface area contributed by atoms with E-state index < -0.39 is 23.8 Å². The minimum Gasteiger partial charge on any atom is -0.427 e. The van der Waals surface area contributed by atoms with Crippen molar-refractivity contribution in [1.29, 1.82) is 0 Å². The highest BCUT2D eigenvalue weighted by molar-refractivity contribution is 5.87. The standard InChI is InChI=1S/C18H26F2N2O3/c1-4-10-22(11-5-2)17(24)18(21,16(19)20)12-14-6-8-15(9-7-14)25-13(3)23/h6-9,16H,4-5,10-12,21H2,1-3H3. The molecule has 0 saturated carbocycles. The molecule has 0 spiro atoms. The number of halogens is 2. The fraction of sp³-hybridized carbons (Fsp3) is 0.556. The van der Waals surface area contributed by atoms with Crippen LogP contribution in [-0.2, 0) is 16.0 Å². The second-order valence-corrected chi connectivity index (χ2v) is 6.05. The Morgan fingerprint density at radius 1 is 1.16 bits per heavy atom. The summed E-state index contributed by atoms with van der Waals surface area (Å²) < 4.78 is 32.2. The summed E-state index contributed by atoms with van der Waals surface area (Å²) in [6.07, 6.45) is -1.96. The van der Waals surface area contributed by atoms with Crippen LogP contribution in [-0.4, -0.2) is 41.8 Å². The van der Waals surface area contributed by atoms with E-state index in [0.29, 0.717) is 37.2 Å². The normalized spacial score (nSPS) is 13.4. The monoisotopic (exact) mass is 356 g/mol. The van der Waals surface area contributed by atoms with Gasteiger partial charge in [-0.3, -0.25) is 9.59 Å². The summed E-state index contributed by atoms with van der Waals surface area (Å²) in [5.74, 6) is -0.908. The van der Waals surface area contributed by atoms with Crippen LogP contribution >= 0.6 is 0 Å². The highest BCUT2D eigenvalue weighted by Crippen LogP contribution is 2.24. The van der Waals surface area contributed by atoms with E-state index in [2.05, 4.69) is 0 Å². The van der Waals surface area contributed by atoms with Crippen LogP contribution in [0.5, 0.6) is 5.75 Å². The lowest BCUT2D eigenvalue weighted by Gasteiger charge is -2.34. The number of carbonyl (C=O) groups is 2. The van der Waals surface area contributed by atoms with E-state index in [-0.39, 0.29) is 6.42 Å². The molecule has 25 heavy (non-hydrogen) atoms. The van der Waals surface area contributed by atoms with Gasteiger partial charge in [-0.25, -0.2) is 8.78 Å². The van der Waals surface area contributed by atoms with Gasteiger partial charge in [0.1, 0.15) is 5.75 Å². The number of esters is 1. The maximum atomic E-state index is 13.7. The molecule has 0 heterocycles. The lowest BCUT2D eigenvalue weighted by atomic mass is 9.90. The minimum atomic E-state index is -3.00. The van der Waals surface area contributed by atoms with Crippen LogP contribution in [0, 0.1) is 0 Å². The van der Waals surface area contributed by atoms with Gasteiger partial charge in [-0.15, -0.1) is 0 Å². The molecule has 140 valence electrons. The fourth-order valence-corrected chi connectivity index (χ4v) is 2.57. The lowest BCUT2D eigenvalue weighted by Crippen LogP contribution is -2.61. The third-order valence-electron chi connectivity index (χ3n) is 3.74. The number of nitrogens with zero attached hydrogens (tertiary/aromatic N) is 1. The molecule has 1 aromatic carbocycles. The number of amides is 1. The Hall–Kier alpha value is -2.02. The van der Waals surface area contributed by atoms with Gasteiger partial charge in [-0.2, -0.15) is 0 Å². The molecule has 2 N–H and O–H groups in total. The number of ether oxygens (including phenoxy) is 1. The number of hydrogen-bond acceptors (Lipinski definition) is 4. The van der Waals surface area contributed by atoms with E-state index in [1.54, 1.807) is 0 Å². The number of nitrogens with two attached hydrogens (primary N) is 1. The van der Waals surface area contributed by atoms with Gasteiger partial charge in [0, 0.05) is 26.4 Å². The van der Waals surface area contributed by atoms with Crippen LogP contribution in [0.3, 0.4) is 0 Å². The Balaban J connectivity index is 3.00. The molecule has 1 atom stereocenters. The van der Waals surface area contributed by atoms with Crippen LogP contribution in [0.15, 0.2) is 24.3 Å². The zero-order chi connectivity index (χ0) is 19.0. The highest BCUT2D eigenvalue weighted by atomic mass is 19.3. The van der Waals surface area contributed by atoms with Crippen molar-refractivity contribution in [3.63, 3.8) is 0 Å². The van der Waals surface area contributed by atoms with Crippen LogP contribution in [0.1, 0.15) is 39.2 Å². The van der Waals surface area contributed by atoms with Gasteiger partial charge in [-0.05, 0) is 30.5 Å². The van der Waals surface area contributed by atoms with E-state index in [1.165, 1.54) is 36.1 Å². The quantitative estimate of drug-likeness (QED) is 0.545. The first-order valence-electron chi connectivity index (χ1n) is 8.38. The Morgan fingerprint density at radius 3 is 2.08 bits per heavy atom. The zero-order valence-corrected chi connectivity index (χ0v) is 14.9. The van der Waals surface area contributed by atoms with Crippen molar-refractivity contribution >= 4 is 11.9 Å². The molecular formula is C18H26F2N2O3. The van der Waals surface area contributed by atoms with E-state index in [9.17, 15) is 18.4 Å². The van der Waals surface area contributed by atoms with Crippen molar-refractivity contribution in [3.05, 3.63) is 29.8 Å². The molecule has 0 aliphatic heterocycles.